The molecule has 2 rings (SSSR count). The van der Waals surface area contributed by atoms with Crippen molar-refractivity contribution >= 4 is 17.0 Å². The Balaban J connectivity index is 2.45. The molecule has 0 saturated carbocycles. The molecule has 0 amide bonds. The minimum absolute atomic E-state index is 0.251. The number of aromatic nitrogens is 2. The fourth-order valence-electron chi connectivity index (χ4n) is 2.29. The lowest BCUT2D eigenvalue weighted by molar-refractivity contribution is 0.0697. The fraction of sp³-hybridized carbons (Fsp3) is 0.467. The third-order valence-corrected chi connectivity index (χ3v) is 3.32. The Morgan fingerprint density at radius 2 is 2.20 bits per heavy atom. The standard InChI is InChI=1S/C15H20N2O3/c1-3-4-14-16-12-9-11(15(19)20)5-6-13(12)17(14)8-7-10(2)18/h5-6,9-10,18H,3-4,7-8H2,1-2H3,(H,19,20). The molecule has 0 saturated heterocycles. The quantitative estimate of drug-likeness (QED) is 0.849. The highest BCUT2D eigenvalue weighted by atomic mass is 16.4. The van der Waals surface area contributed by atoms with Crippen LogP contribution in [0.3, 0.4) is 0 Å². The first kappa shape index (κ1) is 14.5. The largest absolute Gasteiger partial charge is 0.478 e. The number of nitrogens with zero attached hydrogens (tertiary/aromatic N) is 2. The number of carboxylic acids is 1. The molecule has 1 aromatic carbocycles. The number of imidazole rings is 1. The van der Waals surface area contributed by atoms with Gasteiger partial charge < -0.3 is 14.8 Å². The van der Waals surface area contributed by atoms with Gasteiger partial charge >= 0.3 is 5.97 Å². The van der Waals surface area contributed by atoms with Gasteiger partial charge in [-0.15, -0.1) is 0 Å². The Morgan fingerprint density at radius 1 is 1.45 bits per heavy atom. The van der Waals surface area contributed by atoms with Crippen molar-refractivity contribution in [2.24, 2.45) is 0 Å². The summed E-state index contributed by atoms with van der Waals surface area (Å²) < 4.78 is 2.08. The number of rotatable bonds is 6. The second-order valence-corrected chi connectivity index (χ2v) is 5.08. The van der Waals surface area contributed by atoms with E-state index in [0.29, 0.717) is 18.5 Å². The summed E-state index contributed by atoms with van der Waals surface area (Å²) in [6, 6.07) is 5.00. The SMILES string of the molecule is CCCc1nc2cc(C(=O)O)ccc2n1CCC(C)O. The van der Waals surface area contributed by atoms with Gasteiger partial charge in [0.05, 0.1) is 22.7 Å². The number of hydrogen-bond acceptors (Lipinski definition) is 3. The Hall–Kier alpha value is -1.88. The summed E-state index contributed by atoms with van der Waals surface area (Å²) >= 11 is 0. The summed E-state index contributed by atoms with van der Waals surface area (Å²) in [4.78, 5) is 15.6. The molecule has 1 heterocycles. The lowest BCUT2D eigenvalue weighted by Gasteiger charge is -2.10. The first-order valence-corrected chi connectivity index (χ1v) is 6.93. The number of aromatic carboxylic acids is 1. The molecule has 0 fully saturated rings. The van der Waals surface area contributed by atoms with Gasteiger partial charge in [-0.2, -0.15) is 0 Å². The maximum atomic E-state index is 11.0. The summed E-state index contributed by atoms with van der Waals surface area (Å²) in [5.41, 5.74) is 1.89. The van der Waals surface area contributed by atoms with Gasteiger partial charge in [-0.1, -0.05) is 6.92 Å². The smallest absolute Gasteiger partial charge is 0.335 e. The molecule has 5 nitrogen and oxygen atoms in total. The molecule has 0 aliphatic carbocycles. The van der Waals surface area contributed by atoms with E-state index in [1.807, 2.05) is 0 Å². The van der Waals surface area contributed by atoms with Crippen LogP contribution >= 0.6 is 0 Å². The molecule has 0 aliphatic rings. The average Bonchev–Trinajstić information content (AvgIpc) is 2.73. The van der Waals surface area contributed by atoms with Crippen LogP contribution in [-0.4, -0.2) is 31.8 Å². The van der Waals surface area contributed by atoms with E-state index in [0.717, 1.165) is 24.2 Å². The number of benzene rings is 1. The third-order valence-electron chi connectivity index (χ3n) is 3.32. The van der Waals surface area contributed by atoms with Crippen LogP contribution in [0.1, 0.15) is 42.9 Å². The zero-order valence-electron chi connectivity index (χ0n) is 11.8. The van der Waals surface area contributed by atoms with Crippen molar-refractivity contribution in [3.63, 3.8) is 0 Å². The zero-order chi connectivity index (χ0) is 14.7. The minimum atomic E-state index is -0.942. The van der Waals surface area contributed by atoms with Crippen molar-refractivity contribution in [3.05, 3.63) is 29.6 Å². The van der Waals surface area contributed by atoms with Crippen LogP contribution in [0.5, 0.6) is 0 Å². The van der Waals surface area contributed by atoms with E-state index in [1.165, 1.54) is 0 Å². The summed E-state index contributed by atoms with van der Waals surface area (Å²) in [6.45, 7) is 4.54. The molecule has 2 aromatic rings. The van der Waals surface area contributed by atoms with Crippen LogP contribution in [0.15, 0.2) is 18.2 Å². The second kappa shape index (κ2) is 6.05. The highest BCUT2D eigenvalue weighted by Crippen LogP contribution is 2.20. The molecule has 0 radical (unpaired) electrons. The molecule has 5 heteroatoms. The number of carbonyl (C=O) groups is 1. The molecule has 0 bridgehead atoms. The number of fused-ring (bicyclic) bond motifs is 1. The molecular formula is C15H20N2O3. The molecule has 1 unspecified atom stereocenters. The van der Waals surface area contributed by atoms with Crippen LogP contribution in [0.2, 0.25) is 0 Å². The Morgan fingerprint density at radius 3 is 2.80 bits per heavy atom. The highest BCUT2D eigenvalue weighted by Gasteiger charge is 2.13. The summed E-state index contributed by atoms with van der Waals surface area (Å²) in [7, 11) is 0. The van der Waals surface area contributed by atoms with Gasteiger partial charge in [-0.3, -0.25) is 0 Å². The van der Waals surface area contributed by atoms with Crippen molar-refractivity contribution in [2.45, 2.75) is 45.8 Å². The van der Waals surface area contributed by atoms with Crippen LogP contribution in [0.4, 0.5) is 0 Å². The first-order chi connectivity index (χ1) is 9.52. The van der Waals surface area contributed by atoms with Gasteiger partial charge in [0.15, 0.2) is 0 Å². The van der Waals surface area contributed by atoms with E-state index in [-0.39, 0.29) is 11.7 Å². The predicted octanol–water partition coefficient (Wildman–Crippen LogP) is 2.46. The van der Waals surface area contributed by atoms with Crippen LogP contribution in [-0.2, 0) is 13.0 Å². The van der Waals surface area contributed by atoms with E-state index >= 15 is 0 Å². The second-order valence-electron chi connectivity index (χ2n) is 5.08. The molecule has 0 aliphatic heterocycles. The summed E-state index contributed by atoms with van der Waals surface area (Å²) in [5, 5.41) is 18.5. The van der Waals surface area contributed by atoms with Crippen LogP contribution in [0.25, 0.3) is 11.0 Å². The summed E-state index contributed by atoms with van der Waals surface area (Å²) in [6.07, 6.45) is 2.11. The van der Waals surface area contributed by atoms with Gasteiger partial charge in [0.1, 0.15) is 5.82 Å². The Labute approximate surface area is 117 Å². The van der Waals surface area contributed by atoms with Crippen molar-refractivity contribution in [2.75, 3.05) is 0 Å². The highest BCUT2D eigenvalue weighted by molar-refractivity contribution is 5.92. The molecule has 108 valence electrons. The van der Waals surface area contributed by atoms with Crippen molar-refractivity contribution in [3.8, 4) is 0 Å². The monoisotopic (exact) mass is 276 g/mol. The summed E-state index contributed by atoms with van der Waals surface area (Å²) in [5.74, 6) is 0.00756. The lowest BCUT2D eigenvalue weighted by Crippen LogP contribution is -2.09. The van der Waals surface area contributed by atoms with Crippen molar-refractivity contribution in [1.82, 2.24) is 9.55 Å². The van der Waals surface area contributed by atoms with E-state index < -0.39 is 5.97 Å². The zero-order valence-corrected chi connectivity index (χ0v) is 11.8. The van der Waals surface area contributed by atoms with E-state index in [2.05, 4.69) is 16.5 Å². The average molecular weight is 276 g/mol. The van der Waals surface area contributed by atoms with Crippen molar-refractivity contribution < 1.29 is 15.0 Å². The predicted molar refractivity (Wildman–Crippen MR) is 77.0 cm³/mol. The Bertz CT molecular complexity index is 617. The fourth-order valence-corrected chi connectivity index (χ4v) is 2.29. The first-order valence-electron chi connectivity index (χ1n) is 6.93. The molecule has 2 N–H and O–H groups in total. The third kappa shape index (κ3) is 2.99. The van der Waals surface area contributed by atoms with Gasteiger partial charge in [0.2, 0.25) is 0 Å². The maximum Gasteiger partial charge on any atom is 0.335 e. The number of hydrogen-bond donors (Lipinski definition) is 2. The van der Waals surface area contributed by atoms with Crippen LogP contribution < -0.4 is 0 Å². The number of aliphatic hydroxyl groups excluding tert-OH is 1. The van der Waals surface area contributed by atoms with Gasteiger partial charge in [-0.05, 0) is 38.0 Å². The number of carboxylic acid groups (broad SMARTS) is 1. The van der Waals surface area contributed by atoms with Crippen molar-refractivity contribution in [1.29, 1.82) is 0 Å². The number of aliphatic hydroxyl groups is 1. The maximum absolute atomic E-state index is 11.0. The van der Waals surface area contributed by atoms with Gasteiger partial charge in [-0.25, -0.2) is 9.78 Å². The normalized spacial score (nSPS) is 12.8. The molecule has 0 spiro atoms. The molecule has 20 heavy (non-hydrogen) atoms. The van der Waals surface area contributed by atoms with E-state index in [1.54, 1.807) is 25.1 Å². The van der Waals surface area contributed by atoms with Gasteiger partial charge in [0, 0.05) is 13.0 Å². The minimum Gasteiger partial charge on any atom is -0.478 e. The molecule has 1 aromatic heterocycles. The van der Waals surface area contributed by atoms with E-state index in [4.69, 9.17) is 5.11 Å². The Kier molecular flexibility index (Phi) is 4.39. The lowest BCUT2D eigenvalue weighted by atomic mass is 10.2. The van der Waals surface area contributed by atoms with Crippen LogP contribution in [0, 0.1) is 0 Å². The topological polar surface area (TPSA) is 75.3 Å². The molecular weight excluding hydrogens is 256 g/mol. The van der Waals surface area contributed by atoms with Gasteiger partial charge in [0.25, 0.3) is 0 Å². The molecule has 1 atom stereocenters. The van der Waals surface area contributed by atoms with E-state index in [9.17, 15) is 9.90 Å². The number of aryl methyl sites for hydroxylation is 2.